The molecule has 2 aromatic carbocycles. The molecule has 0 spiro atoms. The minimum atomic E-state index is 0.0964. The molecular weight excluding hydrogens is 329 g/mol. The van der Waals surface area contributed by atoms with Gasteiger partial charge in [0, 0.05) is 33.3 Å². The molecule has 0 bridgehead atoms. The van der Waals surface area contributed by atoms with E-state index in [4.69, 9.17) is 27.9 Å². The molecule has 0 fully saturated rings. The summed E-state index contributed by atoms with van der Waals surface area (Å²) < 4.78 is 5.97. The minimum absolute atomic E-state index is 0.0964. The van der Waals surface area contributed by atoms with E-state index in [0.717, 1.165) is 29.8 Å². The van der Waals surface area contributed by atoms with Crippen LogP contribution in [0.5, 0.6) is 5.75 Å². The number of hydrogen-bond donors (Lipinski definition) is 1. The Kier molecular flexibility index (Phi) is 6.34. The van der Waals surface area contributed by atoms with Gasteiger partial charge in [-0.05, 0) is 38.5 Å². The van der Waals surface area contributed by atoms with E-state index in [2.05, 4.69) is 32.2 Å². The minimum Gasteiger partial charge on any atom is -0.488 e. The lowest BCUT2D eigenvalue weighted by molar-refractivity contribution is 0.299. The molecular formula is C19H23Cl2NO. The highest BCUT2D eigenvalue weighted by molar-refractivity contribution is 6.35. The van der Waals surface area contributed by atoms with Crippen molar-refractivity contribution in [1.29, 1.82) is 0 Å². The van der Waals surface area contributed by atoms with E-state index in [-0.39, 0.29) is 5.54 Å². The monoisotopic (exact) mass is 351 g/mol. The number of halogens is 2. The van der Waals surface area contributed by atoms with Crippen LogP contribution in [-0.4, -0.2) is 5.54 Å². The molecule has 0 amide bonds. The second kappa shape index (κ2) is 8.05. The third kappa shape index (κ3) is 5.13. The van der Waals surface area contributed by atoms with Crippen LogP contribution < -0.4 is 10.1 Å². The summed E-state index contributed by atoms with van der Waals surface area (Å²) in [5.74, 6) is 0.850. The molecule has 2 rings (SSSR count). The highest BCUT2D eigenvalue weighted by atomic mass is 35.5. The quantitative estimate of drug-likeness (QED) is 0.675. The van der Waals surface area contributed by atoms with E-state index < -0.39 is 0 Å². The van der Waals surface area contributed by atoms with E-state index in [9.17, 15) is 0 Å². The van der Waals surface area contributed by atoms with E-state index in [0.29, 0.717) is 16.7 Å². The fourth-order valence-electron chi connectivity index (χ4n) is 2.07. The van der Waals surface area contributed by atoms with Crippen LogP contribution >= 0.6 is 23.2 Å². The normalized spacial score (nSPS) is 11.5. The molecule has 0 heterocycles. The summed E-state index contributed by atoms with van der Waals surface area (Å²) in [6.45, 7) is 7.68. The van der Waals surface area contributed by atoms with Gasteiger partial charge in [-0.25, -0.2) is 0 Å². The Morgan fingerprint density at radius 2 is 1.65 bits per heavy atom. The van der Waals surface area contributed by atoms with Crippen LogP contribution in [0.1, 0.15) is 38.3 Å². The van der Waals surface area contributed by atoms with Gasteiger partial charge in [0.05, 0.1) is 0 Å². The van der Waals surface area contributed by atoms with Gasteiger partial charge in [0.25, 0.3) is 0 Å². The Hall–Kier alpha value is -1.22. The molecule has 124 valence electrons. The number of para-hydroxylation sites is 1. The van der Waals surface area contributed by atoms with Gasteiger partial charge in [-0.3, -0.25) is 0 Å². The Morgan fingerprint density at radius 1 is 1.00 bits per heavy atom. The average Bonchev–Trinajstić information content (AvgIpc) is 2.53. The van der Waals surface area contributed by atoms with Crippen molar-refractivity contribution in [3.05, 3.63) is 63.6 Å². The molecule has 0 radical (unpaired) electrons. The predicted octanol–water partition coefficient (Wildman–Crippen LogP) is 5.85. The smallest absolute Gasteiger partial charge is 0.124 e. The molecule has 0 unspecified atom stereocenters. The van der Waals surface area contributed by atoms with Crippen molar-refractivity contribution in [3.63, 3.8) is 0 Å². The zero-order valence-corrected chi connectivity index (χ0v) is 15.3. The van der Waals surface area contributed by atoms with Gasteiger partial charge >= 0.3 is 0 Å². The van der Waals surface area contributed by atoms with E-state index in [1.807, 2.05) is 36.4 Å². The molecule has 1 N–H and O–H groups in total. The van der Waals surface area contributed by atoms with E-state index in [1.165, 1.54) is 0 Å². The Morgan fingerprint density at radius 3 is 2.30 bits per heavy atom. The van der Waals surface area contributed by atoms with Gasteiger partial charge in [-0.15, -0.1) is 0 Å². The second-order valence-corrected chi connectivity index (χ2v) is 7.00. The topological polar surface area (TPSA) is 21.3 Å². The van der Waals surface area contributed by atoms with Crippen molar-refractivity contribution >= 4 is 23.2 Å². The van der Waals surface area contributed by atoms with Gasteiger partial charge in [0.2, 0.25) is 0 Å². The first kappa shape index (κ1) is 18.1. The van der Waals surface area contributed by atoms with Crippen LogP contribution in [0.15, 0.2) is 42.5 Å². The van der Waals surface area contributed by atoms with Crippen molar-refractivity contribution < 1.29 is 4.74 Å². The molecule has 0 aromatic heterocycles. The molecule has 0 aliphatic heterocycles. The summed E-state index contributed by atoms with van der Waals surface area (Å²) in [6, 6.07) is 13.5. The molecule has 0 aliphatic carbocycles. The molecule has 2 nitrogen and oxygen atoms in total. The zero-order valence-electron chi connectivity index (χ0n) is 13.8. The van der Waals surface area contributed by atoms with Crippen molar-refractivity contribution in [1.82, 2.24) is 5.32 Å². The fourth-order valence-corrected chi connectivity index (χ4v) is 2.58. The van der Waals surface area contributed by atoms with Gasteiger partial charge in [0.15, 0.2) is 0 Å². The molecule has 0 atom stereocenters. The number of hydrogen-bond acceptors (Lipinski definition) is 2. The number of benzene rings is 2. The number of ether oxygens (including phenoxy) is 1. The molecule has 0 aliphatic rings. The lowest BCUT2D eigenvalue weighted by Crippen LogP contribution is -2.37. The van der Waals surface area contributed by atoms with Gasteiger partial charge in [-0.2, -0.15) is 0 Å². The Labute approximate surface area is 148 Å². The highest BCUT2D eigenvalue weighted by Crippen LogP contribution is 2.27. The molecule has 2 aromatic rings. The third-order valence-corrected chi connectivity index (χ3v) is 4.76. The second-order valence-electron chi connectivity index (χ2n) is 6.19. The fraction of sp³-hybridized carbons (Fsp3) is 0.368. The number of nitrogens with one attached hydrogen (secondary N) is 1. The third-order valence-electron chi connectivity index (χ3n) is 4.05. The van der Waals surface area contributed by atoms with Crippen molar-refractivity contribution in [2.45, 2.75) is 45.9 Å². The van der Waals surface area contributed by atoms with Crippen LogP contribution in [-0.2, 0) is 13.2 Å². The van der Waals surface area contributed by atoms with Gasteiger partial charge in [-0.1, -0.05) is 54.4 Å². The van der Waals surface area contributed by atoms with Crippen molar-refractivity contribution in [2.75, 3.05) is 0 Å². The van der Waals surface area contributed by atoms with Crippen LogP contribution in [0.2, 0.25) is 10.0 Å². The first-order valence-corrected chi connectivity index (χ1v) is 8.57. The average molecular weight is 352 g/mol. The highest BCUT2D eigenvalue weighted by Gasteiger charge is 2.15. The van der Waals surface area contributed by atoms with Crippen molar-refractivity contribution in [2.24, 2.45) is 0 Å². The summed E-state index contributed by atoms with van der Waals surface area (Å²) in [4.78, 5) is 0. The van der Waals surface area contributed by atoms with Gasteiger partial charge < -0.3 is 10.1 Å². The first-order chi connectivity index (χ1) is 10.9. The Balaban J connectivity index is 2.09. The van der Waals surface area contributed by atoms with Crippen LogP contribution in [0.25, 0.3) is 0 Å². The molecule has 0 saturated heterocycles. The van der Waals surface area contributed by atoms with Crippen LogP contribution in [0, 0.1) is 0 Å². The zero-order chi connectivity index (χ0) is 16.9. The summed E-state index contributed by atoms with van der Waals surface area (Å²) in [7, 11) is 0. The predicted molar refractivity (Wildman–Crippen MR) is 98.4 cm³/mol. The molecule has 23 heavy (non-hydrogen) atoms. The maximum Gasteiger partial charge on any atom is 0.124 e. The molecule has 4 heteroatoms. The van der Waals surface area contributed by atoms with E-state index in [1.54, 1.807) is 0 Å². The maximum atomic E-state index is 6.20. The van der Waals surface area contributed by atoms with Crippen LogP contribution in [0.4, 0.5) is 0 Å². The molecule has 0 saturated carbocycles. The first-order valence-electron chi connectivity index (χ1n) is 7.81. The lowest BCUT2D eigenvalue weighted by Gasteiger charge is -2.25. The van der Waals surface area contributed by atoms with Crippen molar-refractivity contribution in [3.8, 4) is 5.75 Å². The number of rotatable bonds is 7. The maximum absolute atomic E-state index is 6.20. The van der Waals surface area contributed by atoms with Gasteiger partial charge in [0.1, 0.15) is 12.4 Å². The summed E-state index contributed by atoms with van der Waals surface area (Å²) >= 11 is 12.4. The summed E-state index contributed by atoms with van der Waals surface area (Å²) in [6.07, 6.45) is 1.06. The lowest BCUT2D eigenvalue weighted by atomic mass is 10.0. The summed E-state index contributed by atoms with van der Waals surface area (Å²) in [5, 5.41) is 4.80. The van der Waals surface area contributed by atoms with E-state index >= 15 is 0 Å². The standard InChI is InChI=1S/C19H23Cl2NO/c1-4-19(2,3)22-12-14-8-5-6-11-18(14)23-13-15-16(20)9-7-10-17(15)21/h5-11,22H,4,12-13H2,1-3H3. The Bertz CT molecular complexity index is 635. The summed E-state index contributed by atoms with van der Waals surface area (Å²) in [5.41, 5.74) is 2.03. The SMILES string of the molecule is CCC(C)(C)NCc1ccccc1OCc1c(Cl)cccc1Cl. The van der Waals surface area contributed by atoms with Crippen LogP contribution in [0.3, 0.4) is 0 Å². The largest absolute Gasteiger partial charge is 0.488 e.